The van der Waals surface area contributed by atoms with Crippen LogP contribution in [0.15, 0.2) is 40.9 Å². The minimum atomic E-state index is -0.726. The number of aliphatic hydroxyl groups is 1. The van der Waals surface area contributed by atoms with Crippen LogP contribution in [0.25, 0.3) is 0 Å². The fraction of sp³-hybridized carbons (Fsp3) is 0.0769. The van der Waals surface area contributed by atoms with Gasteiger partial charge in [0.1, 0.15) is 11.6 Å². The Morgan fingerprint density at radius 1 is 1.25 bits per heavy atom. The van der Waals surface area contributed by atoms with Crippen LogP contribution in [0.4, 0.5) is 10.1 Å². The molecule has 2 rings (SSSR count). The summed E-state index contributed by atoms with van der Waals surface area (Å²) in [6.07, 6.45) is 0. The molecule has 0 radical (unpaired) electrons. The maximum absolute atomic E-state index is 13.0. The van der Waals surface area contributed by atoms with E-state index in [-0.39, 0.29) is 18.1 Å². The Hall–Kier alpha value is -1.99. The van der Waals surface area contributed by atoms with Crippen LogP contribution in [0.5, 0.6) is 11.5 Å². The van der Waals surface area contributed by atoms with Crippen LogP contribution in [0, 0.1) is 15.9 Å². The van der Waals surface area contributed by atoms with E-state index >= 15 is 0 Å². The first-order valence-corrected chi connectivity index (χ1v) is 6.31. The fourth-order valence-corrected chi connectivity index (χ4v) is 2.02. The Labute approximate surface area is 121 Å². The largest absolute Gasteiger partial charge is 0.450 e. The molecule has 0 heterocycles. The number of benzene rings is 2. The molecule has 0 unspecified atom stereocenters. The van der Waals surface area contributed by atoms with Crippen molar-refractivity contribution in [1.82, 2.24) is 0 Å². The second-order valence-corrected chi connectivity index (χ2v) is 4.80. The summed E-state index contributed by atoms with van der Waals surface area (Å²) in [7, 11) is 0. The quantitative estimate of drug-likeness (QED) is 0.678. The first kappa shape index (κ1) is 14.4. The number of nitrogens with zero attached hydrogens (tertiary/aromatic N) is 1. The lowest BCUT2D eigenvalue weighted by atomic mass is 10.2. The van der Waals surface area contributed by atoms with Crippen LogP contribution in [0.3, 0.4) is 0 Å². The average Bonchev–Trinajstić information content (AvgIpc) is 2.42. The topological polar surface area (TPSA) is 72.6 Å². The van der Waals surface area contributed by atoms with Gasteiger partial charge < -0.3 is 9.84 Å². The van der Waals surface area contributed by atoms with Gasteiger partial charge >= 0.3 is 5.69 Å². The van der Waals surface area contributed by atoms with Crippen LogP contribution in [-0.2, 0) is 6.61 Å². The van der Waals surface area contributed by atoms with Crippen molar-refractivity contribution in [3.8, 4) is 11.5 Å². The molecular weight excluding hydrogens is 333 g/mol. The van der Waals surface area contributed by atoms with E-state index in [9.17, 15) is 19.6 Å². The van der Waals surface area contributed by atoms with Crippen LogP contribution in [0.2, 0.25) is 0 Å². The van der Waals surface area contributed by atoms with Crippen molar-refractivity contribution in [2.24, 2.45) is 0 Å². The lowest BCUT2D eigenvalue weighted by Gasteiger charge is -2.10. The van der Waals surface area contributed by atoms with E-state index < -0.39 is 16.4 Å². The van der Waals surface area contributed by atoms with Gasteiger partial charge in [-0.15, -0.1) is 0 Å². The van der Waals surface area contributed by atoms with Gasteiger partial charge in [0.15, 0.2) is 0 Å². The smallest absolute Gasteiger partial charge is 0.314 e. The minimum Gasteiger partial charge on any atom is -0.450 e. The number of ether oxygens (including phenoxy) is 1. The number of nitro benzene ring substituents is 1. The molecule has 0 spiro atoms. The highest BCUT2D eigenvalue weighted by atomic mass is 79.9. The molecule has 0 atom stereocenters. The normalized spacial score (nSPS) is 10.3. The molecule has 7 heteroatoms. The third kappa shape index (κ3) is 3.12. The molecule has 1 N–H and O–H groups in total. The first-order valence-electron chi connectivity index (χ1n) is 5.52. The monoisotopic (exact) mass is 341 g/mol. The number of hydrogen-bond donors (Lipinski definition) is 1. The molecule has 2 aromatic carbocycles. The molecule has 0 saturated carbocycles. The van der Waals surface area contributed by atoms with Gasteiger partial charge in [0, 0.05) is 10.0 Å². The van der Waals surface area contributed by atoms with E-state index in [1.807, 2.05) is 0 Å². The Balaban J connectivity index is 2.42. The number of nitro groups is 1. The Bertz CT molecular complexity index is 663. The van der Waals surface area contributed by atoms with Crippen molar-refractivity contribution in [3.63, 3.8) is 0 Å². The highest BCUT2D eigenvalue weighted by Gasteiger charge is 2.18. The molecule has 0 fully saturated rings. The zero-order valence-corrected chi connectivity index (χ0v) is 11.6. The summed E-state index contributed by atoms with van der Waals surface area (Å²) in [5.74, 6) is -0.541. The summed E-state index contributed by atoms with van der Waals surface area (Å²) < 4.78 is 19.2. The molecule has 0 amide bonds. The van der Waals surface area contributed by atoms with E-state index in [1.165, 1.54) is 6.07 Å². The first-order chi connectivity index (χ1) is 9.51. The summed E-state index contributed by atoms with van der Waals surface area (Å²) >= 11 is 3.25. The van der Waals surface area contributed by atoms with Crippen molar-refractivity contribution in [2.45, 2.75) is 6.61 Å². The Morgan fingerprint density at radius 2 is 1.95 bits per heavy atom. The van der Waals surface area contributed by atoms with Gasteiger partial charge in [-0.3, -0.25) is 10.1 Å². The summed E-state index contributed by atoms with van der Waals surface area (Å²) in [4.78, 5) is 10.1. The summed E-state index contributed by atoms with van der Waals surface area (Å²) in [5.41, 5.74) is -0.0187. The molecule has 0 aliphatic rings. The van der Waals surface area contributed by atoms with Gasteiger partial charge in [0.05, 0.1) is 17.6 Å². The Morgan fingerprint density at radius 3 is 2.60 bits per heavy atom. The lowest BCUT2D eigenvalue weighted by Crippen LogP contribution is -1.97. The maximum atomic E-state index is 13.0. The molecule has 5 nitrogen and oxygen atoms in total. The van der Waals surface area contributed by atoms with Gasteiger partial charge in [-0.05, 0) is 30.3 Å². The Kier molecular flexibility index (Phi) is 4.31. The summed E-state index contributed by atoms with van der Waals surface area (Å²) in [6, 6.07) is 7.89. The third-order valence-corrected chi connectivity index (χ3v) is 3.02. The molecule has 0 aromatic heterocycles. The lowest BCUT2D eigenvalue weighted by molar-refractivity contribution is -0.385. The van der Waals surface area contributed by atoms with Crippen molar-refractivity contribution >= 4 is 21.6 Å². The van der Waals surface area contributed by atoms with Crippen LogP contribution < -0.4 is 4.74 Å². The van der Waals surface area contributed by atoms with Crippen molar-refractivity contribution < 1.29 is 19.2 Å². The van der Waals surface area contributed by atoms with Crippen LogP contribution >= 0.6 is 15.9 Å². The number of aliphatic hydroxyl groups excluding tert-OH is 1. The highest BCUT2D eigenvalue weighted by molar-refractivity contribution is 9.10. The van der Waals surface area contributed by atoms with E-state index in [2.05, 4.69) is 15.9 Å². The van der Waals surface area contributed by atoms with Crippen molar-refractivity contribution in [2.75, 3.05) is 0 Å². The summed E-state index contributed by atoms with van der Waals surface area (Å²) in [6.45, 7) is -0.288. The van der Waals surface area contributed by atoms with Crippen LogP contribution in [0.1, 0.15) is 5.56 Å². The van der Waals surface area contributed by atoms with E-state index in [0.29, 0.717) is 5.56 Å². The maximum Gasteiger partial charge on any atom is 0.314 e. The van der Waals surface area contributed by atoms with Gasteiger partial charge in [-0.1, -0.05) is 15.9 Å². The second kappa shape index (κ2) is 5.98. The molecule has 2 aromatic rings. The van der Waals surface area contributed by atoms with E-state index in [0.717, 1.165) is 16.6 Å². The minimum absolute atomic E-state index is 0.0894. The third-order valence-electron chi connectivity index (χ3n) is 2.53. The zero-order chi connectivity index (χ0) is 14.7. The molecule has 0 saturated heterocycles. The molecule has 0 aliphatic heterocycles. The number of rotatable bonds is 4. The van der Waals surface area contributed by atoms with Gasteiger partial charge in [0.2, 0.25) is 5.75 Å². The fourth-order valence-electron chi connectivity index (χ4n) is 1.61. The van der Waals surface area contributed by atoms with Crippen molar-refractivity contribution in [1.29, 1.82) is 0 Å². The molecular formula is C13H9BrFNO4. The van der Waals surface area contributed by atoms with E-state index in [4.69, 9.17) is 4.74 Å². The van der Waals surface area contributed by atoms with Gasteiger partial charge in [-0.25, -0.2) is 4.39 Å². The number of hydrogen-bond acceptors (Lipinski definition) is 4. The summed E-state index contributed by atoms with van der Waals surface area (Å²) in [5, 5.41) is 20.1. The zero-order valence-electron chi connectivity index (χ0n) is 10.0. The number of halogens is 2. The molecule has 0 bridgehead atoms. The van der Waals surface area contributed by atoms with Gasteiger partial charge in [-0.2, -0.15) is 0 Å². The second-order valence-electron chi connectivity index (χ2n) is 3.88. The van der Waals surface area contributed by atoms with Crippen molar-refractivity contribution in [3.05, 3.63) is 62.4 Å². The highest BCUT2D eigenvalue weighted by Crippen LogP contribution is 2.34. The standard InChI is InChI=1S/C13H9BrFNO4/c14-9-1-3-12(8(5-9)7-17)20-13-4-2-10(15)6-11(13)16(18)19/h1-6,17H,7H2. The molecule has 20 heavy (non-hydrogen) atoms. The average molecular weight is 342 g/mol. The predicted molar refractivity (Wildman–Crippen MR) is 73.2 cm³/mol. The molecule has 104 valence electrons. The SMILES string of the molecule is O=[N+]([O-])c1cc(F)ccc1Oc1ccc(Br)cc1CO. The van der Waals surface area contributed by atoms with E-state index in [1.54, 1.807) is 18.2 Å². The van der Waals surface area contributed by atoms with Crippen LogP contribution in [-0.4, -0.2) is 10.0 Å². The predicted octanol–water partition coefficient (Wildman–Crippen LogP) is 3.78. The van der Waals surface area contributed by atoms with Gasteiger partial charge in [0.25, 0.3) is 0 Å². The molecule has 0 aliphatic carbocycles.